The van der Waals surface area contributed by atoms with E-state index in [1.165, 1.54) is 32.0 Å². The van der Waals surface area contributed by atoms with Crippen molar-refractivity contribution in [2.24, 2.45) is 0 Å². The highest BCUT2D eigenvalue weighted by atomic mass is 35.5. The van der Waals surface area contributed by atoms with Crippen molar-refractivity contribution >= 4 is 23.6 Å². The second-order valence-electron chi connectivity index (χ2n) is 5.05. The quantitative estimate of drug-likeness (QED) is 0.646. The molecule has 4 heteroatoms. The molecule has 0 aliphatic carbocycles. The number of halogens is 1. The maximum absolute atomic E-state index is 11.7. The Morgan fingerprint density at radius 2 is 2.05 bits per heavy atom. The average molecular weight is 293 g/mol. The molecule has 1 fully saturated rings. The topological polar surface area (TPSA) is 32.3 Å². The minimum absolute atomic E-state index is 0.0636. The zero-order chi connectivity index (χ0) is 14.2. The molecule has 0 atom stereocenters. The minimum Gasteiger partial charge on any atom is -0.353 e. The Morgan fingerprint density at radius 1 is 1.30 bits per heavy atom. The van der Waals surface area contributed by atoms with Gasteiger partial charge in [0.1, 0.15) is 0 Å². The molecule has 2 rings (SSSR count). The van der Waals surface area contributed by atoms with Crippen LogP contribution in [-0.4, -0.2) is 37.0 Å². The lowest BCUT2D eigenvalue weighted by Crippen LogP contribution is -2.27. The molecule has 1 N–H and O–H groups in total. The van der Waals surface area contributed by atoms with Crippen molar-refractivity contribution in [2.45, 2.75) is 19.3 Å². The minimum atomic E-state index is -0.0636. The SMILES string of the molecule is O=C(/C=C/c1ccccc1Cl)NCCCN1CCCC1. The van der Waals surface area contributed by atoms with Crippen LogP contribution in [0.3, 0.4) is 0 Å². The number of carbonyl (C=O) groups is 1. The van der Waals surface area contributed by atoms with E-state index in [2.05, 4.69) is 10.2 Å². The number of nitrogens with one attached hydrogen (secondary N) is 1. The predicted molar refractivity (Wildman–Crippen MR) is 83.8 cm³/mol. The van der Waals surface area contributed by atoms with Gasteiger partial charge >= 0.3 is 0 Å². The van der Waals surface area contributed by atoms with Crippen LogP contribution in [0.15, 0.2) is 30.3 Å². The summed E-state index contributed by atoms with van der Waals surface area (Å²) >= 11 is 6.02. The molecule has 0 spiro atoms. The van der Waals surface area contributed by atoms with Crippen molar-refractivity contribution in [3.8, 4) is 0 Å². The van der Waals surface area contributed by atoms with Gasteiger partial charge in [0.05, 0.1) is 0 Å². The van der Waals surface area contributed by atoms with Crippen molar-refractivity contribution < 1.29 is 4.79 Å². The smallest absolute Gasteiger partial charge is 0.244 e. The van der Waals surface area contributed by atoms with Gasteiger partial charge in [0.2, 0.25) is 5.91 Å². The summed E-state index contributed by atoms with van der Waals surface area (Å²) in [6, 6.07) is 7.48. The Kier molecular flexibility index (Phi) is 6.09. The number of likely N-dealkylation sites (tertiary alicyclic amines) is 1. The number of benzene rings is 1. The van der Waals surface area contributed by atoms with Gasteiger partial charge in [0.25, 0.3) is 0 Å². The lowest BCUT2D eigenvalue weighted by Gasteiger charge is -2.13. The normalized spacial score (nSPS) is 15.8. The first-order chi connectivity index (χ1) is 9.75. The van der Waals surface area contributed by atoms with Crippen molar-refractivity contribution in [1.82, 2.24) is 10.2 Å². The molecule has 1 heterocycles. The molecular weight excluding hydrogens is 272 g/mol. The van der Waals surface area contributed by atoms with Crippen LogP contribution in [0, 0.1) is 0 Å². The van der Waals surface area contributed by atoms with E-state index in [0.717, 1.165) is 25.1 Å². The third-order valence-corrected chi connectivity index (χ3v) is 3.81. The predicted octanol–water partition coefficient (Wildman–Crippen LogP) is 2.96. The van der Waals surface area contributed by atoms with Crippen molar-refractivity contribution in [3.63, 3.8) is 0 Å². The van der Waals surface area contributed by atoms with Gasteiger partial charge in [-0.25, -0.2) is 0 Å². The first-order valence-corrected chi connectivity index (χ1v) is 7.56. The third-order valence-electron chi connectivity index (χ3n) is 3.47. The summed E-state index contributed by atoms with van der Waals surface area (Å²) in [6.45, 7) is 4.22. The van der Waals surface area contributed by atoms with E-state index in [4.69, 9.17) is 11.6 Å². The van der Waals surface area contributed by atoms with Crippen LogP contribution >= 0.6 is 11.6 Å². The van der Waals surface area contributed by atoms with Gasteiger partial charge in [0, 0.05) is 17.6 Å². The van der Waals surface area contributed by atoms with E-state index in [-0.39, 0.29) is 5.91 Å². The molecule has 1 aliphatic rings. The molecule has 1 saturated heterocycles. The van der Waals surface area contributed by atoms with Crippen LogP contribution in [0.4, 0.5) is 0 Å². The van der Waals surface area contributed by atoms with Crippen LogP contribution in [0.1, 0.15) is 24.8 Å². The standard InChI is InChI=1S/C16H21ClN2O/c17-15-7-2-1-6-14(15)8-9-16(20)18-10-5-13-19-11-3-4-12-19/h1-2,6-9H,3-5,10-13H2,(H,18,20)/b9-8+. The van der Waals surface area contributed by atoms with E-state index < -0.39 is 0 Å². The number of nitrogens with zero attached hydrogens (tertiary/aromatic N) is 1. The van der Waals surface area contributed by atoms with Gasteiger partial charge < -0.3 is 10.2 Å². The molecule has 1 amide bonds. The fraction of sp³-hybridized carbons (Fsp3) is 0.438. The molecule has 0 radical (unpaired) electrons. The summed E-state index contributed by atoms with van der Waals surface area (Å²) < 4.78 is 0. The van der Waals surface area contributed by atoms with Crippen molar-refractivity contribution in [2.75, 3.05) is 26.2 Å². The van der Waals surface area contributed by atoms with Crippen molar-refractivity contribution in [1.29, 1.82) is 0 Å². The van der Waals surface area contributed by atoms with Crippen LogP contribution < -0.4 is 5.32 Å². The average Bonchev–Trinajstić information content (AvgIpc) is 2.96. The molecule has 3 nitrogen and oxygen atoms in total. The molecule has 0 bridgehead atoms. The molecule has 1 aliphatic heterocycles. The zero-order valence-electron chi connectivity index (χ0n) is 11.6. The van der Waals surface area contributed by atoms with E-state index in [1.54, 1.807) is 6.08 Å². The van der Waals surface area contributed by atoms with Gasteiger partial charge in [-0.2, -0.15) is 0 Å². The first kappa shape index (κ1) is 15.1. The highest BCUT2D eigenvalue weighted by molar-refractivity contribution is 6.32. The van der Waals surface area contributed by atoms with E-state index in [9.17, 15) is 4.79 Å². The van der Waals surface area contributed by atoms with Crippen LogP contribution in [0.5, 0.6) is 0 Å². The molecule has 20 heavy (non-hydrogen) atoms. The summed E-state index contributed by atoms with van der Waals surface area (Å²) in [4.78, 5) is 14.1. The first-order valence-electron chi connectivity index (χ1n) is 7.18. The van der Waals surface area contributed by atoms with Gasteiger partial charge in [-0.05, 0) is 56.6 Å². The Labute approximate surface area is 125 Å². The van der Waals surface area contributed by atoms with E-state index in [1.807, 2.05) is 24.3 Å². The van der Waals surface area contributed by atoms with Crippen LogP contribution in [0.25, 0.3) is 6.08 Å². The monoisotopic (exact) mass is 292 g/mol. The maximum atomic E-state index is 11.7. The summed E-state index contributed by atoms with van der Waals surface area (Å²) in [5.41, 5.74) is 0.862. The Bertz CT molecular complexity index is 467. The second kappa shape index (κ2) is 8.08. The Balaban J connectivity index is 1.66. The van der Waals surface area contributed by atoms with E-state index >= 15 is 0 Å². The van der Waals surface area contributed by atoms with Gasteiger partial charge in [-0.15, -0.1) is 0 Å². The lowest BCUT2D eigenvalue weighted by molar-refractivity contribution is -0.116. The number of hydrogen-bond donors (Lipinski definition) is 1. The number of hydrogen-bond acceptors (Lipinski definition) is 2. The van der Waals surface area contributed by atoms with Crippen LogP contribution in [0.2, 0.25) is 5.02 Å². The molecular formula is C16H21ClN2O. The number of amides is 1. The fourth-order valence-corrected chi connectivity index (χ4v) is 2.55. The molecule has 0 aromatic heterocycles. The van der Waals surface area contributed by atoms with Gasteiger partial charge in [-0.3, -0.25) is 4.79 Å². The lowest BCUT2D eigenvalue weighted by atomic mass is 10.2. The number of carbonyl (C=O) groups excluding carboxylic acids is 1. The van der Waals surface area contributed by atoms with Gasteiger partial charge in [0.15, 0.2) is 0 Å². The summed E-state index contributed by atoms with van der Waals surface area (Å²) in [7, 11) is 0. The molecule has 1 aromatic carbocycles. The summed E-state index contributed by atoms with van der Waals surface area (Å²) in [6.07, 6.45) is 6.92. The maximum Gasteiger partial charge on any atom is 0.244 e. The second-order valence-corrected chi connectivity index (χ2v) is 5.46. The third kappa shape index (κ3) is 4.99. The summed E-state index contributed by atoms with van der Waals surface area (Å²) in [5, 5.41) is 3.56. The molecule has 108 valence electrons. The molecule has 1 aromatic rings. The largest absolute Gasteiger partial charge is 0.353 e. The van der Waals surface area contributed by atoms with Crippen molar-refractivity contribution in [3.05, 3.63) is 40.9 Å². The molecule has 0 saturated carbocycles. The number of rotatable bonds is 6. The zero-order valence-corrected chi connectivity index (χ0v) is 12.4. The summed E-state index contributed by atoms with van der Waals surface area (Å²) in [5.74, 6) is -0.0636. The Morgan fingerprint density at radius 3 is 2.80 bits per heavy atom. The fourth-order valence-electron chi connectivity index (χ4n) is 2.36. The Hall–Kier alpha value is -1.32. The van der Waals surface area contributed by atoms with Crippen LogP contribution in [-0.2, 0) is 4.79 Å². The van der Waals surface area contributed by atoms with Gasteiger partial charge in [-0.1, -0.05) is 29.8 Å². The molecule has 0 unspecified atom stereocenters. The van der Waals surface area contributed by atoms with E-state index in [0.29, 0.717) is 5.02 Å². The highest BCUT2D eigenvalue weighted by Crippen LogP contribution is 2.15. The highest BCUT2D eigenvalue weighted by Gasteiger charge is 2.10.